The van der Waals surface area contributed by atoms with Crippen LogP contribution >= 0.6 is 0 Å². The Hall–Kier alpha value is -2.54. The molecule has 0 amide bonds. The van der Waals surface area contributed by atoms with Gasteiger partial charge in [-0.15, -0.1) is 0 Å². The van der Waals surface area contributed by atoms with Crippen LogP contribution in [0.25, 0.3) is 0 Å². The van der Waals surface area contributed by atoms with Gasteiger partial charge in [0.2, 0.25) is 0 Å². The molecular weight excluding hydrogens is 254 g/mol. The summed E-state index contributed by atoms with van der Waals surface area (Å²) >= 11 is 0. The number of benzene rings is 3. The third-order valence-electron chi connectivity index (χ3n) is 3.94. The maximum absolute atomic E-state index is 6.25. The lowest BCUT2D eigenvalue weighted by molar-refractivity contribution is 0.966. The van der Waals surface area contributed by atoms with Gasteiger partial charge in [-0.3, -0.25) is 0 Å². The standard InChI is InChI=1S/C20H19N/c1-15-9-5-6-12-17(15)20(16-10-3-2-4-11-16)18-13-7-8-14-19(18)21/h2-14,20H,21H2,1H3. The van der Waals surface area contributed by atoms with E-state index in [4.69, 9.17) is 5.73 Å². The Morgan fingerprint density at radius 3 is 1.90 bits per heavy atom. The summed E-state index contributed by atoms with van der Waals surface area (Å²) in [6, 6.07) is 27.2. The van der Waals surface area contributed by atoms with Gasteiger partial charge in [0.05, 0.1) is 0 Å². The van der Waals surface area contributed by atoms with Crippen LogP contribution in [0.5, 0.6) is 0 Å². The summed E-state index contributed by atoms with van der Waals surface area (Å²) in [5.74, 6) is 0.175. The molecule has 0 spiro atoms. The summed E-state index contributed by atoms with van der Waals surface area (Å²) in [6.07, 6.45) is 0. The molecule has 1 atom stereocenters. The number of anilines is 1. The van der Waals surface area contributed by atoms with E-state index < -0.39 is 0 Å². The highest BCUT2D eigenvalue weighted by molar-refractivity contribution is 5.56. The van der Waals surface area contributed by atoms with Gasteiger partial charge in [0.1, 0.15) is 0 Å². The Morgan fingerprint density at radius 2 is 1.24 bits per heavy atom. The molecule has 1 heteroatoms. The number of para-hydroxylation sites is 1. The van der Waals surface area contributed by atoms with Crippen LogP contribution in [0.15, 0.2) is 78.9 Å². The van der Waals surface area contributed by atoms with Crippen molar-refractivity contribution in [3.05, 3.63) is 101 Å². The molecule has 0 saturated heterocycles. The molecule has 0 saturated carbocycles. The predicted octanol–water partition coefficient (Wildman–Crippen LogP) is 4.76. The maximum atomic E-state index is 6.25. The average Bonchev–Trinajstić information content (AvgIpc) is 2.52. The van der Waals surface area contributed by atoms with E-state index in [1.165, 1.54) is 16.7 Å². The first-order valence-electron chi connectivity index (χ1n) is 7.22. The second-order valence-corrected chi connectivity index (χ2v) is 5.33. The lowest BCUT2D eigenvalue weighted by atomic mass is 9.82. The van der Waals surface area contributed by atoms with Gasteiger partial charge >= 0.3 is 0 Å². The van der Waals surface area contributed by atoms with Crippen LogP contribution in [0.4, 0.5) is 5.69 Å². The summed E-state index contributed by atoms with van der Waals surface area (Å²) in [4.78, 5) is 0. The maximum Gasteiger partial charge on any atom is 0.0362 e. The van der Waals surface area contributed by atoms with Crippen molar-refractivity contribution >= 4 is 5.69 Å². The van der Waals surface area contributed by atoms with E-state index in [-0.39, 0.29) is 5.92 Å². The molecule has 3 aromatic carbocycles. The summed E-state index contributed by atoms with van der Waals surface area (Å²) in [6.45, 7) is 2.16. The quantitative estimate of drug-likeness (QED) is 0.540. The van der Waals surface area contributed by atoms with Crippen molar-refractivity contribution in [1.82, 2.24) is 0 Å². The second kappa shape index (κ2) is 5.84. The van der Waals surface area contributed by atoms with Crippen molar-refractivity contribution in [2.75, 3.05) is 5.73 Å². The van der Waals surface area contributed by atoms with Crippen LogP contribution in [-0.2, 0) is 0 Å². The van der Waals surface area contributed by atoms with E-state index in [9.17, 15) is 0 Å². The third kappa shape index (κ3) is 2.68. The Balaban J connectivity index is 2.22. The lowest BCUT2D eigenvalue weighted by Crippen LogP contribution is -2.07. The molecule has 3 rings (SSSR count). The Kier molecular flexibility index (Phi) is 3.74. The van der Waals surface area contributed by atoms with E-state index in [1.54, 1.807) is 0 Å². The molecule has 0 aliphatic heterocycles. The molecule has 0 aliphatic rings. The Morgan fingerprint density at radius 1 is 0.667 bits per heavy atom. The van der Waals surface area contributed by atoms with Gasteiger partial charge in [-0.2, -0.15) is 0 Å². The van der Waals surface area contributed by atoms with E-state index in [2.05, 4.69) is 67.6 Å². The number of hydrogen-bond acceptors (Lipinski definition) is 1. The van der Waals surface area contributed by atoms with Crippen LogP contribution in [0.3, 0.4) is 0 Å². The minimum atomic E-state index is 0.175. The SMILES string of the molecule is Cc1ccccc1C(c1ccccc1)c1ccccc1N. The van der Waals surface area contributed by atoms with Gasteiger partial charge in [-0.05, 0) is 35.2 Å². The summed E-state index contributed by atoms with van der Waals surface area (Å²) in [7, 11) is 0. The molecule has 3 aromatic rings. The van der Waals surface area contributed by atoms with Crippen molar-refractivity contribution in [3.8, 4) is 0 Å². The molecule has 2 N–H and O–H groups in total. The number of hydrogen-bond donors (Lipinski definition) is 1. The molecule has 0 aromatic heterocycles. The van der Waals surface area contributed by atoms with Crippen molar-refractivity contribution in [2.24, 2.45) is 0 Å². The van der Waals surface area contributed by atoms with E-state index in [0.717, 1.165) is 11.3 Å². The fraction of sp³-hybridized carbons (Fsp3) is 0.100. The van der Waals surface area contributed by atoms with Crippen molar-refractivity contribution in [3.63, 3.8) is 0 Å². The number of aryl methyl sites for hydroxylation is 1. The van der Waals surface area contributed by atoms with Gasteiger partial charge in [0.15, 0.2) is 0 Å². The van der Waals surface area contributed by atoms with E-state index in [0.29, 0.717) is 0 Å². The highest BCUT2D eigenvalue weighted by atomic mass is 14.6. The topological polar surface area (TPSA) is 26.0 Å². The molecule has 21 heavy (non-hydrogen) atoms. The molecule has 0 heterocycles. The zero-order valence-electron chi connectivity index (χ0n) is 12.2. The Bertz CT molecular complexity index is 686. The molecule has 104 valence electrons. The minimum absolute atomic E-state index is 0.175. The van der Waals surface area contributed by atoms with Crippen LogP contribution in [0.2, 0.25) is 0 Å². The van der Waals surface area contributed by atoms with E-state index >= 15 is 0 Å². The lowest BCUT2D eigenvalue weighted by Gasteiger charge is -2.22. The largest absolute Gasteiger partial charge is 0.398 e. The van der Waals surface area contributed by atoms with Gasteiger partial charge in [-0.25, -0.2) is 0 Å². The first-order valence-corrected chi connectivity index (χ1v) is 7.22. The first kappa shape index (κ1) is 13.4. The smallest absolute Gasteiger partial charge is 0.0362 e. The molecule has 0 aliphatic carbocycles. The summed E-state index contributed by atoms with van der Waals surface area (Å²) in [5.41, 5.74) is 12.1. The molecule has 0 bridgehead atoms. The summed E-state index contributed by atoms with van der Waals surface area (Å²) in [5, 5.41) is 0. The molecule has 1 nitrogen and oxygen atoms in total. The number of nitrogen functional groups attached to an aromatic ring is 1. The fourth-order valence-electron chi connectivity index (χ4n) is 2.86. The number of rotatable bonds is 3. The molecule has 0 radical (unpaired) electrons. The van der Waals surface area contributed by atoms with Crippen molar-refractivity contribution < 1.29 is 0 Å². The van der Waals surface area contributed by atoms with Crippen LogP contribution < -0.4 is 5.73 Å². The normalized spacial score (nSPS) is 12.0. The van der Waals surface area contributed by atoms with Gasteiger partial charge in [-0.1, -0.05) is 72.8 Å². The fourth-order valence-corrected chi connectivity index (χ4v) is 2.86. The van der Waals surface area contributed by atoms with E-state index in [1.807, 2.05) is 18.2 Å². The minimum Gasteiger partial charge on any atom is -0.398 e. The highest BCUT2D eigenvalue weighted by Gasteiger charge is 2.19. The Labute approximate surface area is 126 Å². The molecular formula is C20H19N. The number of nitrogens with two attached hydrogens (primary N) is 1. The monoisotopic (exact) mass is 273 g/mol. The summed E-state index contributed by atoms with van der Waals surface area (Å²) < 4.78 is 0. The second-order valence-electron chi connectivity index (χ2n) is 5.33. The average molecular weight is 273 g/mol. The molecule has 1 unspecified atom stereocenters. The van der Waals surface area contributed by atoms with Crippen molar-refractivity contribution in [2.45, 2.75) is 12.8 Å². The van der Waals surface area contributed by atoms with Crippen molar-refractivity contribution in [1.29, 1.82) is 0 Å². The zero-order valence-corrected chi connectivity index (χ0v) is 12.2. The highest BCUT2D eigenvalue weighted by Crippen LogP contribution is 2.36. The molecule has 0 fully saturated rings. The zero-order chi connectivity index (χ0) is 14.7. The third-order valence-corrected chi connectivity index (χ3v) is 3.94. The van der Waals surface area contributed by atoms with Gasteiger partial charge in [0.25, 0.3) is 0 Å². The van der Waals surface area contributed by atoms with Gasteiger partial charge < -0.3 is 5.73 Å². The van der Waals surface area contributed by atoms with Crippen LogP contribution in [0, 0.1) is 6.92 Å². The first-order chi connectivity index (χ1) is 10.3. The van der Waals surface area contributed by atoms with Gasteiger partial charge in [0, 0.05) is 11.6 Å². The van der Waals surface area contributed by atoms with Crippen LogP contribution in [0.1, 0.15) is 28.2 Å². The van der Waals surface area contributed by atoms with Crippen LogP contribution in [-0.4, -0.2) is 0 Å². The predicted molar refractivity (Wildman–Crippen MR) is 89.4 cm³/mol.